The predicted octanol–water partition coefficient (Wildman–Crippen LogP) is 9.53. The van der Waals surface area contributed by atoms with Gasteiger partial charge in [0.25, 0.3) is 0 Å². The molecule has 0 saturated carbocycles. The lowest BCUT2D eigenvalue weighted by molar-refractivity contribution is 0.756. The van der Waals surface area contributed by atoms with Crippen LogP contribution in [0.5, 0.6) is 0 Å². The van der Waals surface area contributed by atoms with Crippen LogP contribution in [0.4, 0.5) is 0 Å². The van der Waals surface area contributed by atoms with E-state index in [1.54, 1.807) is 0 Å². The Bertz CT molecular complexity index is 2180. The Morgan fingerprint density at radius 3 is 1.69 bits per heavy atom. The number of hydrogen-bond donors (Lipinski definition) is 1. The van der Waals surface area contributed by atoms with Gasteiger partial charge in [-0.1, -0.05) is 133 Å². The number of nitrogens with zero attached hydrogens (tertiary/aromatic N) is 3. The third-order valence-electron chi connectivity index (χ3n) is 8.35. The molecule has 2 heterocycles. The fraction of sp³-hybridized carbons (Fsp3) is 0.0488. The maximum Gasteiger partial charge on any atom is 0.169 e. The Morgan fingerprint density at radius 2 is 1.02 bits per heavy atom. The summed E-state index contributed by atoms with van der Waals surface area (Å²) in [6.45, 7) is 2.12. The normalized spacial score (nSPS) is 13.4. The molecule has 0 unspecified atom stereocenters. The molecule has 1 aliphatic rings. The number of pyridine rings is 1. The van der Waals surface area contributed by atoms with Crippen LogP contribution in [0.25, 0.3) is 44.1 Å². The molecular formula is C41H30N4. The van der Waals surface area contributed by atoms with E-state index in [9.17, 15) is 0 Å². The summed E-state index contributed by atoms with van der Waals surface area (Å²) in [5.74, 6) is 1.59. The highest BCUT2D eigenvalue weighted by molar-refractivity contribution is 6.16. The molecule has 4 nitrogen and oxygen atoms in total. The average molecular weight is 579 g/mol. The number of fused-ring (bicyclic) bond motifs is 3. The maximum atomic E-state index is 5.25. The SMILES string of the molecule is Cc1ccc(-c2cc(-c3nc4ccccc4c4ccccc34)cc(C3N=C(c4ccccc4)NC(c4ccccc4)=N3)c2)cc1. The second-order valence-electron chi connectivity index (χ2n) is 11.4. The zero-order valence-corrected chi connectivity index (χ0v) is 24.9. The first-order valence-electron chi connectivity index (χ1n) is 15.2. The molecule has 6 aromatic carbocycles. The molecule has 0 atom stereocenters. The summed E-state index contributed by atoms with van der Waals surface area (Å²) in [5, 5.41) is 6.98. The third kappa shape index (κ3) is 5.17. The van der Waals surface area contributed by atoms with E-state index in [1.165, 1.54) is 10.9 Å². The van der Waals surface area contributed by atoms with Gasteiger partial charge in [-0.25, -0.2) is 15.0 Å². The topological polar surface area (TPSA) is 49.6 Å². The number of nitrogens with one attached hydrogen (secondary N) is 1. The molecule has 8 rings (SSSR count). The van der Waals surface area contributed by atoms with Gasteiger partial charge in [0, 0.05) is 27.5 Å². The summed E-state index contributed by atoms with van der Waals surface area (Å²) in [7, 11) is 0. The van der Waals surface area contributed by atoms with Gasteiger partial charge in [-0.15, -0.1) is 0 Å². The van der Waals surface area contributed by atoms with Gasteiger partial charge in [0.05, 0.1) is 11.2 Å². The first-order chi connectivity index (χ1) is 22.2. The first kappa shape index (κ1) is 26.7. The van der Waals surface area contributed by atoms with E-state index >= 15 is 0 Å². The Kier molecular flexibility index (Phi) is 6.73. The Hall–Kier alpha value is -5.87. The monoisotopic (exact) mass is 578 g/mol. The highest BCUT2D eigenvalue weighted by Gasteiger charge is 2.22. The molecule has 7 aromatic rings. The van der Waals surface area contributed by atoms with Crippen LogP contribution in [0.1, 0.15) is 28.4 Å². The summed E-state index contributed by atoms with van der Waals surface area (Å²) in [6, 6.07) is 52.8. The standard InChI is InChI=1S/C41H30N4/c1-27-20-22-28(23-21-27)31-24-32(38-36-18-9-8-16-34(36)35-17-10-11-19-37(35)42-38)26-33(25-31)41-44-39(29-12-4-2-5-13-29)43-40(45-41)30-14-6-3-7-15-30/h2-26,41H,1H3,(H,43,44,45). The fourth-order valence-corrected chi connectivity index (χ4v) is 6.06. The van der Waals surface area contributed by atoms with E-state index < -0.39 is 6.17 Å². The van der Waals surface area contributed by atoms with E-state index in [2.05, 4.69) is 128 Å². The van der Waals surface area contributed by atoms with Crippen molar-refractivity contribution in [2.45, 2.75) is 13.1 Å². The summed E-state index contributed by atoms with van der Waals surface area (Å²) in [6.07, 6.45) is -0.451. The first-order valence-corrected chi connectivity index (χ1v) is 15.2. The van der Waals surface area contributed by atoms with Crippen LogP contribution in [0, 0.1) is 6.92 Å². The largest absolute Gasteiger partial charge is 0.324 e. The van der Waals surface area contributed by atoms with Crippen molar-refractivity contribution < 1.29 is 0 Å². The van der Waals surface area contributed by atoms with E-state index in [4.69, 9.17) is 15.0 Å². The average Bonchev–Trinajstić information content (AvgIpc) is 3.12. The van der Waals surface area contributed by atoms with Gasteiger partial charge in [-0.05, 0) is 53.3 Å². The van der Waals surface area contributed by atoms with E-state index in [0.717, 1.165) is 67.0 Å². The quantitative estimate of drug-likeness (QED) is 0.207. The number of aryl methyl sites for hydroxylation is 1. The highest BCUT2D eigenvalue weighted by atomic mass is 15.2. The Balaban J connectivity index is 1.37. The Morgan fingerprint density at radius 1 is 0.467 bits per heavy atom. The van der Waals surface area contributed by atoms with E-state index in [0.29, 0.717) is 0 Å². The van der Waals surface area contributed by atoms with Crippen LogP contribution in [0.2, 0.25) is 0 Å². The van der Waals surface area contributed by atoms with Crippen molar-refractivity contribution in [3.8, 4) is 22.4 Å². The predicted molar refractivity (Wildman–Crippen MR) is 187 cm³/mol. The fourth-order valence-electron chi connectivity index (χ4n) is 6.06. The van der Waals surface area contributed by atoms with Crippen molar-refractivity contribution in [2.24, 2.45) is 9.98 Å². The summed E-state index contributed by atoms with van der Waals surface area (Å²) >= 11 is 0. The molecule has 214 valence electrons. The van der Waals surface area contributed by atoms with Gasteiger partial charge in [0.1, 0.15) is 11.7 Å². The number of amidine groups is 2. The minimum atomic E-state index is -0.451. The van der Waals surface area contributed by atoms with Crippen molar-refractivity contribution in [3.63, 3.8) is 0 Å². The van der Waals surface area contributed by atoms with Crippen molar-refractivity contribution >= 4 is 33.3 Å². The van der Waals surface area contributed by atoms with Crippen molar-refractivity contribution in [2.75, 3.05) is 0 Å². The number of rotatable bonds is 5. The second kappa shape index (κ2) is 11.3. The third-order valence-corrected chi connectivity index (χ3v) is 8.35. The van der Waals surface area contributed by atoms with Crippen LogP contribution in [-0.2, 0) is 0 Å². The Labute approximate surface area is 262 Å². The molecule has 0 fully saturated rings. The molecule has 0 aliphatic carbocycles. The van der Waals surface area contributed by atoms with E-state index in [-0.39, 0.29) is 0 Å². The maximum absolute atomic E-state index is 5.25. The molecule has 1 aromatic heterocycles. The molecule has 4 heteroatoms. The van der Waals surface area contributed by atoms with Crippen LogP contribution in [0.3, 0.4) is 0 Å². The highest BCUT2D eigenvalue weighted by Crippen LogP contribution is 2.37. The zero-order valence-electron chi connectivity index (χ0n) is 24.9. The van der Waals surface area contributed by atoms with Crippen molar-refractivity contribution in [3.05, 3.63) is 174 Å². The van der Waals surface area contributed by atoms with Crippen molar-refractivity contribution in [1.29, 1.82) is 0 Å². The number of aliphatic imine (C=N–C) groups is 2. The number of para-hydroxylation sites is 1. The number of hydrogen-bond acceptors (Lipinski definition) is 4. The van der Waals surface area contributed by atoms with Gasteiger partial charge in [0.2, 0.25) is 0 Å². The number of benzene rings is 6. The summed E-state index contributed by atoms with van der Waals surface area (Å²) in [5.41, 5.74) is 9.48. The van der Waals surface area contributed by atoms with Crippen LogP contribution in [-0.4, -0.2) is 16.7 Å². The number of aromatic nitrogens is 1. The lowest BCUT2D eigenvalue weighted by atomic mass is 9.94. The molecule has 45 heavy (non-hydrogen) atoms. The van der Waals surface area contributed by atoms with Crippen molar-refractivity contribution in [1.82, 2.24) is 10.3 Å². The lowest BCUT2D eigenvalue weighted by Crippen LogP contribution is -2.36. The molecule has 0 saturated heterocycles. The minimum Gasteiger partial charge on any atom is -0.324 e. The van der Waals surface area contributed by atoms with Gasteiger partial charge >= 0.3 is 0 Å². The van der Waals surface area contributed by atoms with Crippen LogP contribution in [0.15, 0.2) is 162 Å². The van der Waals surface area contributed by atoms with Gasteiger partial charge < -0.3 is 5.32 Å². The van der Waals surface area contributed by atoms with Crippen LogP contribution < -0.4 is 5.32 Å². The van der Waals surface area contributed by atoms with Gasteiger partial charge in [0.15, 0.2) is 6.17 Å². The molecule has 1 aliphatic heterocycles. The van der Waals surface area contributed by atoms with Crippen LogP contribution >= 0.6 is 0 Å². The summed E-state index contributed by atoms with van der Waals surface area (Å²) in [4.78, 5) is 15.6. The second-order valence-corrected chi connectivity index (χ2v) is 11.4. The molecule has 0 spiro atoms. The smallest absolute Gasteiger partial charge is 0.169 e. The van der Waals surface area contributed by atoms with E-state index in [1.807, 2.05) is 36.4 Å². The molecule has 0 radical (unpaired) electrons. The molecular weight excluding hydrogens is 548 g/mol. The van der Waals surface area contributed by atoms with Gasteiger partial charge in [-0.3, -0.25) is 0 Å². The minimum absolute atomic E-state index is 0.451. The van der Waals surface area contributed by atoms with Gasteiger partial charge in [-0.2, -0.15) is 0 Å². The zero-order chi connectivity index (χ0) is 30.2. The summed E-state index contributed by atoms with van der Waals surface area (Å²) < 4.78 is 0. The lowest BCUT2D eigenvalue weighted by Gasteiger charge is -2.23. The molecule has 0 amide bonds. The molecule has 0 bridgehead atoms. The molecule has 1 N–H and O–H groups in total.